The first-order chi connectivity index (χ1) is 8.49. The van der Waals surface area contributed by atoms with E-state index in [0.717, 1.165) is 0 Å². The highest BCUT2D eigenvalue weighted by Gasteiger charge is 2.65. The topological polar surface area (TPSA) is 55.4 Å². The predicted octanol–water partition coefficient (Wildman–Crippen LogP) is 1.87. The van der Waals surface area contributed by atoms with Gasteiger partial charge in [0, 0.05) is 39.5 Å². The second-order valence-corrected chi connectivity index (χ2v) is 13.9. The van der Waals surface area contributed by atoms with E-state index in [-0.39, 0.29) is 0 Å². The zero-order valence-electron chi connectivity index (χ0n) is 12.1. The molecule has 0 N–H and O–H groups in total. The van der Waals surface area contributed by atoms with Crippen LogP contribution in [0.15, 0.2) is 0 Å². The first kappa shape index (κ1) is 16.5. The lowest BCUT2D eigenvalue weighted by atomic mass is 11.0. The Hall–Kier alpha value is 0.411. The van der Waals surface area contributed by atoms with Crippen molar-refractivity contribution in [2.75, 3.05) is 21.3 Å². The Labute approximate surface area is 113 Å². The molecule has 108 valence electrons. The van der Waals surface area contributed by atoms with Crippen LogP contribution in [-0.4, -0.2) is 47.7 Å². The Morgan fingerprint density at radius 2 is 0.833 bits per heavy atom. The van der Waals surface area contributed by atoms with E-state index in [1.807, 2.05) is 20.8 Å². The van der Waals surface area contributed by atoms with Crippen molar-refractivity contribution in [1.29, 1.82) is 0 Å². The first-order valence-corrected chi connectivity index (χ1v) is 12.0. The van der Waals surface area contributed by atoms with Crippen LogP contribution in [0.3, 0.4) is 0 Å². The lowest BCUT2D eigenvalue weighted by Gasteiger charge is -2.48. The van der Waals surface area contributed by atoms with Gasteiger partial charge in [-0.15, -0.1) is 0 Å². The highest BCUT2D eigenvalue weighted by atomic mass is 28.5. The molecule has 0 aromatic carbocycles. The van der Waals surface area contributed by atoms with Gasteiger partial charge in [0.15, 0.2) is 0 Å². The molecule has 0 amide bonds. The van der Waals surface area contributed by atoms with Gasteiger partial charge in [-0.3, -0.25) is 0 Å². The molecule has 1 heterocycles. The first-order valence-electron chi connectivity index (χ1n) is 6.24. The third-order valence-electron chi connectivity index (χ3n) is 3.17. The van der Waals surface area contributed by atoms with Crippen LogP contribution < -0.4 is 0 Å². The maximum atomic E-state index is 6.06. The summed E-state index contributed by atoms with van der Waals surface area (Å²) in [5.41, 5.74) is 0. The third kappa shape index (κ3) is 2.94. The van der Waals surface area contributed by atoms with Crippen molar-refractivity contribution in [2.45, 2.75) is 38.9 Å². The van der Waals surface area contributed by atoms with E-state index in [1.165, 1.54) is 0 Å². The van der Waals surface area contributed by atoms with E-state index in [2.05, 4.69) is 0 Å². The summed E-state index contributed by atoms with van der Waals surface area (Å²) >= 11 is 0. The average Bonchev–Trinajstić information content (AvgIpc) is 2.46. The summed E-state index contributed by atoms with van der Waals surface area (Å²) in [6.07, 6.45) is 0. The van der Waals surface area contributed by atoms with E-state index >= 15 is 0 Å². The van der Waals surface area contributed by atoms with Crippen LogP contribution in [-0.2, 0) is 25.6 Å². The second kappa shape index (κ2) is 6.24. The van der Waals surface area contributed by atoms with E-state index in [4.69, 9.17) is 25.6 Å². The second-order valence-electron chi connectivity index (χ2n) is 4.03. The molecule has 0 unspecified atom stereocenters. The van der Waals surface area contributed by atoms with Crippen LogP contribution >= 0.6 is 0 Å². The van der Waals surface area contributed by atoms with Crippen molar-refractivity contribution in [3.63, 3.8) is 0 Å². The predicted molar refractivity (Wildman–Crippen MR) is 73.0 cm³/mol. The van der Waals surface area contributed by atoms with Crippen LogP contribution in [0, 0.1) is 0 Å². The maximum absolute atomic E-state index is 6.06. The minimum Gasteiger partial charge on any atom is -0.378 e. The van der Waals surface area contributed by atoms with Gasteiger partial charge in [0.05, 0.1) is 0 Å². The molecule has 1 aliphatic heterocycles. The van der Waals surface area contributed by atoms with Crippen molar-refractivity contribution in [2.24, 2.45) is 0 Å². The molecule has 0 aromatic heterocycles. The molecule has 1 saturated heterocycles. The van der Waals surface area contributed by atoms with Gasteiger partial charge in [0.1, 0.15) is 0 Å². The molecule has 0 spiro atoms. The van der Waals surface area contributed by atoms with E-state index < -0.39 is 26.4 Å². The molecule has 9 heteroatoms. The highest BCUT2D eigenvalue weighted by molar-refractivity contribution is 6.88. The fraction of sp³-hybridized carbons (Fsp3) is 1.00. The van der Waals surface area contributed by atoms with Gasteiger partial charge in [-0.2, -0.15) is 0 Å². The van der Waals surface area contributed by atoms with Gasteiger partial charge in [0.25, 0.3) is 0 Å². The molecule has 1 aliphatic rings. The minimum atomic E-state index is -2.74. The largest absolute Gasteiger partial charge is 0.485 e. The molecule has 0 aliphatic carbocycles. The molecule has 1 fully saturated rings. The van der Waals surface area contributed by atoms with Gasteiger partial charge >= 0.3 is 26.4 Å². The molecule has 1 rings (SSSR count). The van der Waals surface area contributed by atoms with Crippen molar-refractivity contribution in [3.05, 3.63) is 0 Å². The summed E-state index contributed by atoms with van der Waals surface area (Å²) < 4.78 is 34.9. The van der Waals surface area contributed by atoms with Gasteiger partial charge in [-0.05, 0) is 0 Å². The maximum Gasteiger partial charge on any atom is 0.485 e. The average molecular weight is 313 g/mol. The summed E-state index contributed by atoms with van der Waals surface area (Å²) in [7, 11) is -3.35. The number of rotatable bonds is 6. The fourth-order valence-corrected chi connectivity index (χ4v) is 15.5. The molecule has 0 aromatic rings. The lowest BCUT2D eigenvalue weighted by molar-refractivity contribution is 0.0375. The molecule has 0 atom stereocenters. The molecule has 0 bridgehead atoms. The highest BCUT2D eigenvalue weighted by Crippen LogP contribution is 2.37. The molecular formula is C9H24O6Si3. The minimum absolute atomic E-state index is 0.684. The molecule has 0 saturated carbocycles. The molecule has 6 nitrogen and oxygen atoms in total. The standard InChI is InChI=1S/C9H24O6Si3/c1-7-16(10-4)13-17(8-2,11-5)15-18(9-3,12-6)14-16/h7-9H2,1-6H3. The van der Waals surface area contributed by atoms with Crippen LogP contribution in [0.5, 0.6) is 0 Å². The van der Waals surface area contributed by atoms with Gasteiger partial charge < -0.3 is 25.6 Å². The normalized spacial score (nSPS) is 41.0. The summed E-state index contributed by atoms with van der Waals surface area (Å²) in [6.45, 7) is 5.99. The zero-order chi connectivity index (χ0) is 13.9. The summed E-state index contributed by atoms with van der Waals surface area (Å²) in [6, 6.07) is 2.05. The molecular weight excluding hydrogens is 288 g/mol. The fourth-order valence-electron chi connectivity index (χ4n) is 1.89. The van der Waals surface area contributed by atoms with Crippen molar-refractivity contribution >= 4 is 26.4 Å². The summed E-state index contributed by atoms with van der Waals surface area (Å²) in [5.74, 6) is 0. The van der Waals surface area contributed by atoms with Gasteiger partial charge in [-0.25, -0.2) is 0 Å². The summed E-state index contributed by atoms with van der Waals surface area (Å²) in [5, 5.41) is 0. The molecule has 18 heavy (non-hydrogen) atoms. The zero-order valence-corrected chi connectivity index (χ0v) is 15.1. The van der Waals surface area contributed by atoms with Crippen LogP contribution in [0.25, 0.3) is 0 Å². The Morgan fingerprint density at radius 1 is 0.611 bits per heavy atom. The van der Waals surface area contributed by atoms with Crippen LogP contribution in [0.4, 0.5) is 0 Å². The number of hydrogen-bond donors (Lipinski definition) is 0. The van der Waals surface area contributed by atoms with Crippen molar-refractivity contribution < 1.29 is 25.6 Å². The lowest BCUT2D eigenvalue weighted by Crippen LogP contribution is -2.72. The van der Waals surface area contributed by atoms with Gasteiger partial charge in [0.2, 0.25) is 0 Å². The van der Waals surface area contributed by atoms with Gasteiger partial charge in [-0.1, -0.05) is 20.8 Å². The van der Waals surface area contributed by atoms with Crippen molar-refractivity contribution in [3.8, 4) is 0 Å². The molecule has 0 radical (unpaired) electrons. The summed E-state index contributed by atoms with van der Waals surface area (Å²) in [4.78, 5) is 0. The third-order valence-corrected chi connectivity index (χ3v) is 15.1. The SMILES string of the molecule is CC[Si]1(OC)O[Si](CC)(OC)O[Si](CC)(OC)O1. The van der Waals surface area contributed by atoms with E-state index in [0.29, 0.717) is 18.1 Å². The van der Waals surface area contributed by atoms with Crippen molar-refractivity contribution in [1.82, 2.24) is 0 Å². The quantitative estimate of drug-likeness (QED) is 0.698. The number of hydrogen-bond acceptors (Lipinski definition) is 6. The monoisotopic (exact) mass is 312 g/mol. The van der Waals surface area contributed by atoms with E-state index in [9.17, 15) is 0 Å². The van der Waals surface area contributed by atoms with Crippen LogP contribution in [0.2, 0.25) is 18.1 Å². The Balaban J connectivity index is 3.13. The Morgan fingerprint density at radius 3 is 0.944 bits per heavy atom. The van der Waals surface area contributed by atoms with E-state index in [1.54, 1.807) is 21.3 Å². The smallest absolute Gasteiger partial charge is 0.378 e. The van der Waals surface area contributed by atoms with Crippen LogP contribution in [0.1, 0.15) is 20.8 Å². The Bertz CT molecular complexity index is 210. The Kier molecular flexibility index (Phi) is 5.71.